The van der Waals surface area contributed by atoms with E-state index in [0.29, 0.717) is 0 Å². The van der Waals surface area contributed by atoms with Gasteiger partial charge in [-0.05, 0) is 83.1 Å². The molecule has 50 heavy (non-hydrogen) atoms. The lowest BCUT2D eigenvalue weighted by molar-refractivity contribution is 0.709. The van der Waals surface area contributed by atoms with Crippen molar-refractivity contribution in [2.24, 2.45) is 0 Å². The van der Waals surface area contributed by atoms with E-state index >= 15 is 0 Å². The van der Waals surface area contributed by atoms with Gasteiger partial charge in [-0.15, -0.1) is 0 Å². The van der Waals surface area contributed by atoms with Crippen molar-refractivity contribution in [2.45, 2.75) is 24.7 Å². The van der Waals surface area contributed by atoms with Gasteiger partial charge in [0.05, 0.1) is 16.9 Å². The quantitative estimate of drug-likeness (QED) is 0.186. The van der Waals surface area contributed by atoms with Gasteiger partial charge in [-0.1, -0.05) is 133 Å². The van der Waals surface area contributed by atoms with Gasteiger partial charge in [0, 0.05) is 39.9 Å². The van der Waals surface area contributed by atoms with Gasteiger partial charge in [-0.25, -0.2) is 4.98 Å². The molecule has 2 aromatic heterocycles. The molecule has 3 aliphatic rings. The van der Waals surface area contributed by atoms with Crippen molar-refractivity contribution in [3.63, 3.8) is 0 Å². The maximum Gasteiger partial charge on any atom is 0.138 e. The number of rotatable bonds is 5. The largest absolute Gasteiger partial charge is 0.309 e. The highest BCUT2D eigenvalue weighted by atomic mass is 15.2. The lowest BCUT2D eigenvalue weighted by atomic mass is 9.77. The van der Waals surface area contributed by atoms with Gasteiger partial charge in [0.1, 0.15) is 5.82 Å². The SMILES string of the molecule is C1=CC(c2cccc3c4c(n(-c5ccccc5)c23)C=CCC4)C2C(=C1)N(c1cc(-c3ccccc3)cc(-c3ccccc3)n1)c1ccccc12. The standard InChI is InChI=1S/C47H35N3/c1-4-16-32(17-5-1)34-30-41(33-18-6-2-7-19-33)48-45(31-34)50-43-28-13-11-23-40(43)46-37(24-15-29-44(46)50)39-26-14-25-38-36-22-10-12-27-42(36)49(47(38)39)35-20-8-3-9-21-35/h1-9,11-21,23-31,37,46H,10,22H2. The second kappa shape index (κ2) is 11.7. The van der Waals surface area contributed by atoms with Crippen LogP contribution in [0.15, 0.2) is 176 Å². The lowest BCUT2D eigenvalue weighted by Crippen LogP contribution is -2.20. The molecule has 0 bridgehead atoms. The van der Waals surface area contributed by atoms with Gasteiger partial charge in [0.2, 0.25) is 0 Å². The van der Waals surface area contributed by atoms with Crippen LogP contribution in [0, 0.1) is 0 Å². The number of anilines is 2. The first-order valence-corrected chi connectivity index (χ1v) is 17.6. The monoisotopic (exact) mass is 641 g/mol. The average molecular weight is 642 g/mol. The number of aryl methyl sites for hydroxylation is 1. The molecular weight excluding hydrogens is 607 g/mol. The summed E-state index contributed by atoms with van der Waals surface area (Å²) in [7, 11) is 0. The molecule has 0 radical (unpaired) electrons. The number of nitrogens with zero attached hydrogens (tertiary/aromatic N) is 3. The number of fused-ring (bicyclic) bond motifs is 6. The second-order valence-electron chi connectivity index (χ2n) is 13.4. The van der Waals surface area contributed by atoms with E-state index in [4.69, 9.17) is 4.98 Å². The van der Waals surface area contributed by atoms with Crippen LogP contribution in [-0.2, 0) is 6.42 Å². The van der Waals surface area contributed by atoms with Crippen LogP contribution in [0.4, 0.5) is 11.5 Å². The van der Waals surface area contributed by atoms with Crippen LogP contribution in [-0.4, -0.2) is 9.55 Å². The number of benzene rings is 5. The van der Waals surface area contributed by atoms with Crippen molar-refractivity contribution >= 4 is 28.5 Å². The molecule has 1 aliphatic heterocycles. The number of pyridine rings is 1. The van der Waals surface area contributed by atoms with E-state index in [1.807, 2.05) is 0 Å². The number of hydrogen-bond donors (Lipinski definition) is 0. The average Bonchev–Trinajstić information content (AvgIpc) is 3.72. The maximum atomic E-state index is 5.40. The van der Waals surface area contributed by atoms with Crippen molar-refractivity contribution in [3.8, 4) is 28.1 Å². The van der Waals surface area contributed by atoms with E-state index in [-0.39, 0.29) is 11.8 Å². The first-order chi connectivity index (χ1) is 24.8. The van der Waals surface area contributed by atoms with Crippen molar-refractivity contribution in [2.75, 3.05) is 4.90 Å². The van der Waals surface area contributed by atoms with Crippen molar-refractivity contribution in [3.05, 3.63) is 198 Å². The third kappa shape index (κ3) is 4.54. The van der Waals surface area contributed by atoms with E-state index in [1.54, 1.807) is 0 Å². The summed E-state index contributed by atoms with van der Waals surface area (Å²) in [6, 6.07) is 52.5. The first-order valence-electron chi connectivity index (χ1n) is 17.6. The minimum Gasteiger partial charge on any atom is -0.309 e. The minimum absolute atomic E-state index is 0.135. The third-order valence-electron chi connectivity index (χ3n) is 10.6. The van der Waals surface area contributed by atoms with E-state index in [9.17, 15) is 0 Å². The van der Waals surface area contributed by atoms with Gasteiger partial charge >= 0.3 is 0 Å². The van der Waals surface area contributed by atoms with Gasteiger partial charge in [-0.3, -0.25) is 4.90 Å². The van der Waals surface area contributed by atoms with Crippen LogP contribution in [0.25, 0.3) is 45.1 Å². The maximum absolute atomic E-state index is 5.40. The molecule has 0 spiro atoms. The molecule has 0 N–H and O–H groups in total. The number of aromatic nitrogens is 2. The Morgan fingerprint density at radius 3 is 2.18 bits per heavy atom. The van der Waals surface area contributed by atoms with Crippen LogP contribution in [0.1, 0.15) is 40.6 Å². The molecule has 2 unspecified atom stereocenters. The van der Waals surface area contributed by atoms with Crippen molar-refractivity contribution in [1.29, 1.82) is 0 Å². The van der Waals surface area contributed by atoms with Gasteiger partial charge < -0.3 is 4.57 Å². The zero-order valence-electron chi connectivity index (χ0n) is 27.7. The van der Waals surface area contributed by atoms with Crippen molar-refractivity contribution in [1.82, 2.24) is 9.55 Å². The Labute approximate surface area is 292 Å². The van der Waals surface area contributed by atoms with E-state index in [1.165, 1.54) is 55.9 Å². The van der Waals surface area contributed by atoms with Crippen LogP contribution in [0.5, 0.6) is 0 Å². The molecule has 0 saturated carbocycles. The Morgan fingerprint density at radius 2 is 1.36 bits per heavy atom. The molecule has 3 heteroatoms. The normalized spacial score (nSPS) is 17.4. The van der Waals surface area contributed by atoms with E-state index < -0.39 is 0 Å². The molecular formula is C47H35N3. The highest BCUT2D eigenvalue weighted by molar-refractivity contribution is 5.94. The summed E-state index contributed by atoms with van der Waals surface area (Å²) in [5.74, 6) is 1.21. The van der Waals surface area contributed by atoms with Crippen LogP contribution < -0.4 is 4.90 Å². The minimum atomic E-state index is 0.135. The Morgan fingerprint density at radius 1 is 0.640 bits per heavy atom. The Balaban J connectivity index is 1.17. The molecule has 3 nitrogen and oxygen atoms in total. The molecule has 7 aromatic rings. The van der Waals surface area contributed by atoms with Crippen molar-refractivity contribution < 1.29 is 0 Å². The molecule has 0 amide bonds. The summed E-state index contributed by atoms with van der Waals surface area (Å²) >= 11 is 0. The Kier molecular flexibility index (Phi) is 6.76. The molecule has 0 saturated heterocycles. The first kappa shape index (κ1) is 28.8. The Hall–Kier alpha value is -6.19. The van der Waals surface area contributed by atoms with Gasteiger partial charge in [-0.2, -0.15) is 0 Å². The lowest BCUT2D eigenvalue weighted by Gasteiger charge is -2.30. The van der Waals surface area contributed by atoms with Crippen LogP contribution >= 0.6 is 0 Å². The van der Waals surface area contributed by atoms with E-state index in [0.717, 1.165) is 35.5 Å². The molecule has 3 heterocycles. The van der Waals surface area contributed by atoms with Crippen LogP contribution in [0.2, 0.25) is 0 Å². The fraction of sp³-hybridized carbons (Fsp3) is 0.0851. The van der Waals surface area contributed by atoms with E-state index in [2.05, 4.69) is 185 Å². The molecule has 2 atom stereocenters. The predicted octanol–water partition coefficient (Wildman–Crippen LogP) is 11.8. The number of hydrogen-bond acceptors (Lipinski definition) is 2. The Bertz CT molecular complexity index is 2430. The summed E-state index contributed by atoms with van der Waals surface area (Å²) < 4.78 is 2.51. The summed E-state index contributed by atoms with van der Waals surface area (Å²) in [4.78, 5) is 7.81. The zero-order valence-corrected chi connectivity index (χ0v) is 27.7. The smallest absolute Gasteiger partial charge is 0.138 e. The van der Waals surface area contributed by atoms with Gasteiger partial charge in [0.25, 0.3) is 0 Å². The fourth-order valence-corrected chi connectivity index (χ4v) is 8.48. The zero-order chi connectivity index (χ0) is 33.0. The highest BCUT2D eigenvalue weighted by Gasteiger charge is 2.41. The highest BCUT2D eigenvalue weighted by Crippen LogP contribution is 2.56. The molecule has 10 rings (SSSR count). The molecule has 2 aliphatic carbocycles. The fourth-order valence-electron chi connectivity index (χ4n) is 8.48. The molecule has 0 fully saturated rings. The summed E-state index contributed by atoms with van der Waals surface area (Å²) in [6.07, 6.45) is 13.8. The summed E-state index contributed by atoms with van der Waals surface area (Å²) in [5, 5.41) is 1.36. The molecule has 238 valence electrons. The van der Waals surface area contributed by atoms with Crippen LogP contribution in [0.3, 0.4) is 0 Å². The predicted molar refractivity (Wildman–Crippen MR) is 207 cm³/mol. The molecule has 5 aromatic carbocycles. The van der Waals surface area contributed by atoms with Gasteiger partial charge in [0.15, 0.2) is 0 Å². The summed E-state index contributed by atoms with van der Waals surface area (Å²) in [6.45, 7) is 0. The topological polar surface area (TPSA) is 21.1 Å². The third-order valence-corrected chi connectivity index (χ3v) is 10.6. The summed E-state index contributed by atoms with van der Waals surface area (Å²) in [5.41, 5.74) is 14.8. The second-order valence-corrected chi connectivity index (χ2v) is 13.4. The number of para-hydroxylation sites is 3. The number of allylic oxidation sites excluding steroid dienone is 5.